The molecule has 0 fully saturated rings. The molecule has 0 unspecified atom stereocenters. The largest absolute Gasteiger partial charge is 0.507 e. The first kappa shape index (κ1) is 44.7. The monoisotopic (exact) mass is 852 g/mol. The van der Waals surface area contributed by atoms with E-state index in [0.29, 0.717) is 26.1 Å². The fraction of sp³-hybridized carbons (Fsp3) is 0.214. The number of rotatable bonds is 16. The minimum Gasteiger partial charge on any atom is -0.438 e. The van der Waals surface area contributed by atoms with Crippen LogP contribution in [0, 0.1) is 27.7 Å². The van der Waals surface area contributed by atoms with Gasteiger partial charge < -0.3 is 28.7 Å². The van der Waals surface area contributed by atoms with Crippen LogP contribution in [0.1, 0.15) is 46.2 Å². The first-order valence-corrected chi connectivity index (χ1v) is 21.8. The number of aryl methyl sites for hydroxylation is 6. The number of nitrogens with zero attached hydrogens (tertiary/aromatic N) is 2. The predicted octanol–water partition coefficient (Wildman–Crippen LogP) is 14.6. The van der Waals surface area contributed by atoms with Crippen molar-refractivity contribution in [3.63, 3.8) is 0 Å². The highest BCUT2D eigenvalue weighted by molar-refractivity contribution is 5.81. The smallest absolute Gasteiger partial charge is 0.438 e. The van der Waals surface area contributed by atoms with Crippen molar-refractivity contribution >= 4 is 46.4 Å². The fourth-order valence-corrected chi connectivity index (χ4v) is 7.69. The van der Waals surface area contributed by atoms with E-state index in [1.807, 2.05) is 0 Å². The highest BCUT2D eigenvalue weighted by Crippen LogP contribution is 2.39. The van der Waals surface area contributed by atoms with Crippen molar-refractivity contribution in [2.75, 3.05) is 37.2 Å². The van der Waals surface area contributed by atoms with E-state index in [9.17, 15) is 9.59 Å². The quantitative estimate of drug-likeness (QED) is 0.0703. The highest BCUT2D eigenvalue weighted by Gasteiger charge is 2.16. The van der Waals surface area contributed by atoms with E-state index in [-0.39, 0.29) is 0 Å². The van der Waals surface area contributed by atoms with E-state index < -0.39 is 12.3 Å². The molecule has 8 heteroatoms. The molecule has 7 aromatic carbocycles. The Labute approximate surface area is 377 Å². The van der Waals surface area contributed by atoms with Gasteiger partial charge in [-0.05, 0) is 182 Å². The molecule has 0 saturated heterocycles. The number of ether oxygens (including phenoxy) is 4. The molecule has 0 aliphatic rings. The van der Waals surface area contributed by atoms with Gasteiger partial charge in [-0.25, -0.2) is 9.59 Å². The fourth-order valence-electron chi connectivity index (χ4n) is 7.69. The Bertz CT molecular complexity index is 2450. The van der Waals surface area contributed by atoms with Crippen molar-refractivity contribution in [1.82, 2.24) is 0 Å². The number of carbonyl (C=O) groups is 2. The molecular formula is C56H56N2O6. The third-order valence-corrected chi connectivity index (χ3v) is 11.7. The summed E-state index contributed by atoms with van der Waals surface area (Å²) in [6.07, 6.45) is 1.72. The maximum atomic E-state index is 11.3. The van der Waals surface area contributed by atoms with E-state index in [4.69, 9.17) is 9.47 Å². The number of hydrogen-bond acceptors (Lipinski definition) is 8. The minimum atomic E-state index is -0.652. The van der Waals surface area contributed by atoms with E-state index in [1.54, 1.807) is 0 Å². The van der Waals surface area contributed by atoms with Crippen LogP contribution >= 0.6 is 0 Å². The van der Waals surface area contributed by atoms with E-state index in [2.05, 4.69) is 205 Å². The van der Waals surface area contributed by atoms with Crippen LogP contribution < -0.4 is 9.80 Å². The lowest BCUT2D eigenvalue weighted by molar-refractivity contribution is 0.0710. The van der Waals surface area contributed by atoms with Crippen LogP contribution in [0.25, 0.3) is 22.3 Å². The second kappa shape index (κ2) is 21.2. The van der Waals surface area contributed by atoms with Gasteiger partial charge in [0.1, 0.15) is 0 Å². The maximum absolute atomic E-state index is 11.3. The molecule has 7 rings (SSSR count). The number of carbonyl (C=O) groups excluding carboxylic acids is 2. The van der Waals surface area contributed by atoms with Gasteiger partial charge in [0.15, 0.2) is 0 Å². The lowest BCUT2D eigenvalue weighted by Crippen LogP contribution is -2.10. The minimum absolute atomic E-state index is 0.317. The molecule has 0 heterocycles. The molecule has 0 aliphatic carbocycles. The standard InChI is InChI=1S/C56H56N2O6/c1-39-11-25-53(37-41(39)3)57(49-27-13-43(14-28-49)9-7-35-63-55(59)61-5)51-31-21-47(22-32-51)45-17-19-46(20-18-45)48-23-33-52(34-24-48)58(54-26-12-40(2)42(4)38-54)50-29-15-44(16-30-50)10-8-36-64-56(60)62-6/h11-34,37-38H,7-10,35-36H2,1-6H3. The zero-order valence-electron chi connectivity index (χ0n) is 37.6. The molecule has 0 radical (unpaired) electrons. The van der Waals surface area contributed by atoms with E-state index in [1.165, 1.54) is 47.6 Å². The molecule has 0 aliphatic heterocycles. The number of hydrogen-bond donors (Lipinski definition) is 0. The third kappa shape index (κ3) is 11.2. The normalized spacial score (nSPS) is 10.8. The summed E-state index contributed by atoms with van der Waals surface area (Å²) in [6, 6.07) is 56.6. The van der Waals surface area contributed by atoms with Gasteiger partial charge >= 0.3 is 12.3 Å². The molecule has 0 saturated carbocycles. The van der Waals surface area contributed by atoms with Gasteiger partial charge in [0, 0.05) is 34.1 Å². The summed E-state index contributed by atoms with van der Waals surface area (Å²) in [7, 11) is 2.63. The second-order valence-electron chi connectivity index (χ2n) is 16.0. The predicted molar refractivity (Wildman–Crippen MR) is 259 cm³/mol. The Hall–Kier alpha value is -7.32. The average molecular weight is 853 g/mol. The number of methoxy groups -OCH3 is 2. The molecule has 0 atom stereocenters. The molecule has 64 heavy (non-hydrogen) atoms. The Morgan fingerprint density at radius 1 is 0.375 bits per heavy atom. The zero-order chi connectivity index (χ0) is 45.0. The summed E-state index contributed by atoms with van der Waals surface area (Å²) in [5.41, 5.74) is 18.3. The Balaban J connectivity index is 1.07. The summed E-state index contributed by atoms with van der Waals surface area (Å²) in [5, 5.41) is 0. The van der Waals surface area contributed by atoms with E-state index >= 15 is 0 Å². The van der Waals surface area contributed by atoms with Gasteiger partial charge in [-0.2, -0.15) is 0 Å². The summed E-state index contributed by atoms with van der Waals surface area (Å²) in [6.45, 7) is 9.21. The Morgan fingerprint density at radius 3 is 0.953 bits per heavy atom. The van der Waals surface area contributed by atoms with Crippen molar-refractivity contribution < 1.29 is 28.5 Å². The topological polar surface area (TPSA) is 77.5 Å². The van der Waals surface area contributed by atoms with Crippen molar-refractivity contribution in [3.8, 4) is 22.3 Å². The first-order chi connectivity index (χ1) is 31.1. The molecule has 0 amide bonds. The van der Waals surface area contributed by atoms with Crippen molar-refractivity contribution in [1.29, 1.82) is 0 Å². The first-order valence-electron chi connectivity index (χ1n) is 21.8. The van der Waals surface area contributed by atoms with Gasteiger partial charge in [0.05, 0.1) is 27.4 Å². The van der Waals surface area contributed by atoms with Gasteiger partial charge in [-0.1, -0.05) is 84.9 Å². The number of benzene rings is 7. The molecule has 0 N–H and O–H groups in total. The second-order valence-corrected chi connectivity index (χ2v) is 16.0. The lowest BCUT2D eigenvalue weighted by Gasteiger charge is -2.26. The third-order valence-electron chi connectivity index (χ3n) is 11.7. The Kier molecular flexibility index (Phi) is 14.8. The SMILES string of the molecule is COC(=O)OCCCc1ccc(N(c2ccc(-c3ccc(-c4ccc(N(c5ccc(CCCOC(=O)OC)cc5)c5ccc(C)c(C)c5)cc4)cc3)cc2)c2ccc(C)c(C)c2)cc1. The molecule has 0 bridgehead atoms. The van der Waals surface area contributed by atoms with Crippen LogP contribution in [0.4, 0.5) is 43.7 Å². The Morgan fingerprint density at radius 2 is 0.656 bits per heavy atom. The van der Waals surface area contributed by atoms with Crippen LogP contribution in [0.5, 0.6) is 0 Å². The molecule has 0 spiro atoms. The van der Waals surface area contributed by atoms with Crippen molar-refractivity contribution in [2.45, 2.75) is 53.4 Å². The lowest BCUT2D eigenvalue weighted by atomic mass is 9.99. The zero-order valence-corrected chi connectivity index (χ0v) is 37.6. The summed E-state index contributed by atoms with van der Waals surface area (Å²) < 4.78 is 19.3. The number of anilines is 6. The van der Waals surface area contributed by atoms with Crippen LogP contribution in [-0.2, 0) is 31.8 Å². The highest BCUT2D eigenvalue weighted by atomic mass is 16.7. The van der Waals surface area contributed by atoms with Crippen LogP contribution in [0.3, 0.4) is 0 Å². The van der Waals surface area contributed by atoms with Gasteiger partial charge in [0.2, 0.25) is 0 Å². The summed E-state index contributed by atoms with van der Waals surface area (Å²) >= 11 is 0. The van der Waals surface area contributed by atoms with Crippen LogP contribution in [-0.4, -0.2) is 39.7 Å². The molecule has 0 aromatic heterocycles. The maximum Gasteiger partial charge on any atom is 0.507 e. The van der Waals surface area contributed by atoms with Crippen molar-refractivity contribution in [2.24, 2.45) is 0 Å². The molecule has 7 aromatic rings. The van der Waals surface area contributed by atoms with Gasteiger partial charge in [0.25, 0.3) is 0 Å². The van der Waals surface area contributed by atoms with Gasteiger partial charge in [-0.15, -0.1) is 0 Å². The van der Waals surface area contributed by atoms with E-state index in [0.717, 1.165) is 69.2 Å². The van der Waals surface area contributed by atoms with Crippen molar-refractivity contribution in [3.05, 3.63) is 191 Å². The summed E-state index contributed by atoms with van der Waals surface area (Å²) in [5.74, 6) is 0. The molecule has 8 nitrogen and oxygen atoms in total. The van der Waals surface area contributed by atoms with Crippen LogP contribution in [0.2, 0.25) is 0 Å². The van der Waals surface area contributed by atoms with Gasteiger partial charge in [-0.3, -0.25) is 0 Å². The summed E-state index contributed by atoms with van der Waals surface area (Å²) in [4.78, 5) is 27.2. The molecule has 326 valence electrons. The van der Waals surface area contributed by atoms with Crippen LogP contribution in [0.15, 0.2) is 158 Å². The average Bonchev–Trinajstić information content (AvgIpc) is 3.33. The molecular weight excluding hydrogens is 797 g/mol.